The van der Waals surface area contributed by atoms with Crippen LogP contribution in [0.5, 0.6) is 0 Å². The van der Waals surface area contributed by atoms with Crippen molar-refractivity contribution in [3.05, 3.63) is 57.1 Å². The molecule has 0 radical (unpaired) electrons. The fourth-order valence-electron chi connectivity index (χ4n) is 2.28. The Balaban J connectivity index is 2.52. The van der Waals surface area contributed by atoms with Crippen LogP contribution in [0.4, 0.5) is 5.69 Å². The van der Waals surface area contributed by atoms with Gasteiger partial charge in [-0.2, -0.15) is 0 Å². The minimum atomic E-state index is -3.73. The number of sulfonamides is 1. The van der Waals surface area contributed by atoms with Gasteiger partial charge in [-0.3, -0.25) is 4.72 Å². The first kappa shape index (κ1) is 17.1. The van der Waals surface area contributed by atoms with Crippen LogP contribution in [-0.4, -0.2) is 8.42 Å². The van der Waals surface area contributed by atoms with Crippen LogP contribution in [0.2, 0.25) is 10.0 Å². The Kier molecular flexibility index (Phi) is 5.05. The minimum absolute atomic E-state index is 0.132. The van der Waals surface area contributed by atoms with Crippen molar-refractivity contribution in [3.63, 3.8) is 0 Å². The number of rotatable bonds is 4. The van der Waals surface area contributed by atoms with Gasteiger partial charge in [0.15, 0.2) is 0 Å². The number of nitrogens with one attached hydrogen (secondary N) is 1. The van der Waals surface area contributed by atoms with E-state index in [2.05, 4.69) is 4.72 Å². The molecule has 2 rings (SSSR count). The molecule has 0 heterocycles. The number of aryl methyl sites for hydroxylation is 3. The van der Waals surface area contributed by atoms with Crippen LogP contribution in [0.1, 0.15) is 23.6 Å². The van der Waals surface area contributed by atoms with Crippen LogP contribution in [0.25, 0.3) is 0 Å². The molecule has 0 aliphatic heterocycles. The van der Waals surface area contributed by atoms with Crippen LogP contribution in [0.15, 0.2) is 35.2 Å². The third kappa shape index (κ3) is 3.40. The van der Waals surface area contributed by atoms with E-state index < -0.39 is 10.0 Å². The summed E-state index contributed by atoms with van der Waals surface area (Å²) in [5.74, 6) is 0. The molecule has 0 saturated heterocycles. The van der Waals surface area contributed by atoms with Crippen molar-refractivity contribution >= 4 is 38.9 Å². The zero-order chi connectivity index (χ0) is 16.5. The highest BCUT2D eigenvalue weighted by molar-refractivity contribution is 7.92. The van der Waals surface area contributed by atoms with E-state index >= 15 is 0 Å². The lowest BCUT2D eigenvalue weighted by Gasteiger charge is -2.16. The maximum Gasteiger partial charge on any atom is 0.262 e. The zero-order valence-corrected chi connectivity index (χ0v) is 14.9. The lowest BCUT2D eigenvalue weighted by atomic mass is 10.1. The molecule has 2 aromatic rings. The Hall–Kier alpha value is -1.23. The Bertz CT molecular complexity index is 817. The van der Waals surface area contributed by atoms with E-state index in [1.807, 2.05) is 32.0 Å². The summed E-state index contributed by atoms with van der Waals surface area (Å²) >= 11 is 11.9. The molecule has 0 spiro atoms. The van der Waals surface area contributed by atoms with E-state index in [9.17, 15) is 8.42 Å². The van der Waals surface area contributed by atoms with Crippen LogP contribution < -0.4 is 4.72 Å². The van der Waals surface area contributed by atoms with E-state index in [-0.39, 0.29) is 9.92 Å². The monoisotopic (exact) mass is 357 g/mol. The standard InChI is InChI=1S/C16H17Cl2NO2S/c1-4-12-7-5-6-10(2)16(12)19-22(20,21)15-9-14(18)13(17)8-11(15)3/h5-9,19H,4H2,1-3H3. The van der Waals surface area contributed by atoms with Crippen molar-refractivity contribution in [2.75, 3.05) is 4.72 Å². The van der Waals surface area contributed by atoms with Gasteiger partial charge in [0.25, 0.3) is 10.0 Å². The van der Waals surface area contributed by atoms with E-state index in [0.29, 0.717) is 16.3 Å². The molecular formula is C16H17Cl2NO2S. The quantitative estimate of drug-likeness (QED) is 0.838. The summed E-state index contributed by atoms with van der Waals surface area (Å²) in [6.07, 6.45) is 0.736. The molecule has 6 heteroatoms. The number of para-hydroxylation sites is 1. The molecule has 2 aromatic carbocycles. The summed E-state index contributed by atoms with van der Waals surface area (Å²) in [5.41, 5.74) is 2.99. The highest BCUT2D eigenvalue weighted by Crippen LogP contribution is 2.30. The predicted octanol–water partition coefficient (Wildman–Crippen LogP) is 4.97. The third-order valence-corrected chi connectivity index (χ3v) is 5.70. The molecule has 22 heavy (non-hydrogen) atoms. The molecule has 118 valence electrons. The predicted molar refractivity (Wildman–Crippen MR) is 92.6 cm³/mol. The van der Waals surface area contributed by atoms with Crippen LogP contribution >= 0.6 is 23.2 Å². The number of anilines is 1. The van der Waals surface area contributed by atoms with Gasteiger partial charge < -0.3 is 0 Å². The van der Waals surface area contributed by atoms with Gasteiger partial charge in [-0.25, -0.2) is 8.42 Å². The average molecular weight is 358 g/mol. The van der Waals surface area contributed by atoms with E-state index in [0.717, 1.165) is 17.5 Å². The van der Waals surface area contributed by atoms with Gasteiger partial charge in [0.2, 0.25) is 0 Å². The number of benzene rings is 2. The number of hydrogen-bond acceptors (Lipinski definition) is 2. The molecule has 0 aliphatic carbocycles. The summed E-state index contributed by atoms with van der Waals surface area (Å²) in [6.45, 7) is 5.55. The first-order valence-electron chi connectivity index (χ1n) is 6.83. The lowest BCUT2D eigenvalue weighted by Crippen LogP contribution is -2.16. The second-order valence-corrected chi connectivity index (χ2v) is 7.57. The molecule has 0 bridgehead atoms. The summed E-state index contributed by atoms with van der Waals surface area (Å²) in [7, 11) is -3.73. The minimum Gasteiger partial charge on any atom is -0.279 e. The number of hydrogen-bond donors (Lipinski definition) is 1. The van der Waals surface area contributed by atoms with Crippen LogP contribution in [-0.2, 0) is 16.4 Å². The molecule has 0 aliphatic rings. The van der Waals surface area contributed by atoms with E-state index in [4.69, 9.17) is 23.2 Å². The summed E-state index contributed by atoms with van der Waals surface area (Å²) < 4.78 is 28.1. The van der Waals surface area contributed by atoms with Gasteiger partial charge in [0.05, 0.1) is 20.6 Å². The van der Waals surface area contributed by atoms with Crippen LogP contribution in [0.3, 0.4) is 0 Å². The van der Waals surface area contributed by atoms with Crippen molar-refractivity contribution in [1.29, 1.82) is 0 Å². The fourth-order valence-corrected chi connectivity index (χ4v) is 4.15. The third-order valence-electron chi connectivity index (χ3n) is 3.48. The fraction of sp³-hybridized carbons (Fsp3) is 0.250. The molecule has 0 amide bonds. The molecule has 0 unspecified atom stereocenters. The largest absolute Gasteiger partial charge is 0.279 e. The van der Waals surface area contributed by atoms with Gasteiger partial charge in [-0.05, 0) is 49.1 Å². The molecule has 0 saturated carbocycles. The smallest absolute Gasteiger partial charge is 0.262 e. The summed E-state index contributed by atoms with van der Waals surface area (Å²) in [6, 6.07) is 8.63. The molecule has 3 nitrogen and oxygen atoms in total. The van der Waals surface area contributed by atoms with Gasteiger partial charge in [0.1, 0.15) is 0 Å². The van der Waals surface area contributed by atoms with Crippen molar-refractivity contribution < 1.29 is 8.42 Å². The number of halogens is 2. The molecule has 0 fully saturated rings. The second-order valence-electron chi connectivity index (χ2n) is 5.10. The van der Waals surface area contributed by atoms with Gasteiger partial charge >= 0.3 is 0 Å². The topological polar surface area (TPSA) is 46.2 Å². The van der Waals surface area contributed by atoms with E-state index in [1.54, 1.807) is 13.0 Å². The lowest BCUT2D eigenvalue weighted by molar-refractivity contribution is 0.600. The second kappa shape index (κ2) is 6.49. The maximum atomic E-state index is 12.7. The highest BCUT2D eigenvalue weighted by atomic mass is 35.5. The zero-order valence-electron chi connectivity index (χ0n) is 12.6. The summed E-state index contributed by atoms with van der Waals surface area (Å²) in [4.78, 5) is 0.132. The Labute approximate surface area is 141 Å². The average Bonchev–Trinajstić information content (AvgIpc) is 2.44. The molecule has 1 N–H and O–H groups in total. The van der Waals surface area contributed by atoms with Gasteiger partial charge in [-0.1, -0.05) is 48.3 Å². The Morgan fingerprint density at radius 3 is 2.32 bits per heavy atom. The van der Waals surface area contributed by atoms with Crippen LogP contribution in [0, 0.1) is 13.8 Å². The molecular weight excluding hydrogens is 341 g/mol. The van der Waals surface area contributed by atoms with Crippen molar-refractivity contribution in [1.82, 2.24) is 0 Å². The van der Waals surface area contributed by atoms with Crippen molar-refractivity contribution in [2.45, 2.75) is 32.1 Å². The summed E-state index contributed by atoms with van der Waals surface area (Å²) in [5, 5.41) is 0.552. The Morgan fingerprint density at radius 2 is 1.68 bits per heavy atom. The molecule has 0 aromatic heterocycles. The first-order valence-corrected chi connectivity index (χ1v) is 9.07. The first-order chi connectivity index (χ1) is 10.3. The molecule has 0 atom stereocenters. The van der Waals surface area contributed by atoms with Gasteiger partial charge in [-0.15, -0.1) is 0 Å². The van der Waals surface area contributed by atoms with Gasteiger partial charge in [0, 0.05) is 0 Å². The highest BCUT2D eigenvalue weighted by Gasteiger charge is 2.20. The van der Waals surface area contributed by atoms with E-state index in [1.165, 1.54) is 6.07 Å². The van der Waals surface area contributed by atoms with Crippen molar-refractivity contribution in [3.8, 4) is 0 Å². The Morgan fingerprint density at radius 1 is 1.05 bits per heavy atom. The van der Waals surface area contributed by atoms with Crippen molar-refractivity contribution in [2.24, 2.45) is 0 Å². The SMILES string of the molecule is CCc1cccc(C)c1NS(=O)(=O)c1cc(Cl)c(Cl)cc1C. The maximum absolute atomic E-state index is 12.7. The normalized spacial score (nSPS) is 11.5.